The first-order chi connectivity index (χ1) is 38.9. The summed E-state index contributed by atoms with van der Waals surface area (Å²) in [5.41, 5.74) is 2.16. The van der Waals surface area contributed by atoms with E-state index in [1.165, 1.54) is 294 Å². The maximum atomic E-state index is 6.75. The first kappa shape index (κ1) is 70.7. The van der Waals surface area contributed by atoms with E-state index in [0.717, 1.165) is 58.8 Å². The molecule has 0 bridgehead atoms. The second-order valence-electron chi connectivity index (χ2n) is 24.9. The van der Waals surface area contributed by atoms with Gasteiger partial charge < -0.3 is 18.9 Å². The highest BCUT2D eigenvalue weighted by Crippen LogP contribution is 2.40. The van der Waals surface area contributed by atoms with Gasteiger partial charge in [0.25, 0.3) is 0 Å². The van der Waals surface area contributed by atoms with Crippen LogP contribution in [0.25, 0.3) is 10.8 Å². The number of fused-ring (bicyclic) bond motifs is 1. The van der Waals surface area contributed by atoms with Crippen molar-refractivity contribution in [1.29, 1.82) is 0 Å². The van der Waals surface area contributed by atoms with E-state index in [0.29, 0.717) is 26.4 Å². The number of rotatable bonds is 58. The fourth-order valence-electron chi connectivity index (χ4n) is 11.4. The zero-order chi connectivity index (χ0) is 56.4. The van der Waals surface area contributed by atoms with E-state index in [4.69, 9.17) is 30.5 Å². The van der Waals surface area contributed by atoms with Crippen LogP contribution in [-0.2, 0) is 11.5 Å². The second kappa shape index (κ2) is 50.0. The Labute approximate surface area is 495 Å². The van der Waals surface area contributed by atoms with Crippen molar-refractivity contribution in [1.82, 2.24) is 0 Å². The predicted molar refractivity (Wildman–Crippen MR) is 349 cm³/mol. The van der Waals surface area contributed by atoms with Gasteiger partial charge in [0.2, 0.25) is 5.75 Å². The summed E-state index contributed by atoms with van der Waals surface area (Å²) in [6.45, 7) is 13.5. The molecule has 3 rings (SSSR count). The molecule has 79 heavy (non-hydrogen) atoms. The predicted octanol–water partition coefficient (Wildman–Crippen LogP) is 25.8. The minimum Gasteiger partial charge on any atom is -0.490 e. The van der Waals surface area contributed by atoms with E-state index in [1.54, 1.807) is 0 Å². The van der Waals surface area contributed by atoms with Gasteiger partial charge in [0.1, 0.15) is 12.4 Å². The van der Waals surface area contributed by atoms with Crippen molar-refractivity contribution >= 4 is 22.4 Å². The van der Waals surface area contributed by atoms with Gasteiger partial charge in [0.15, 0.2) is 11.5 Å². The van der Waals surface area contributed by atoms with Gasteiger partial charge in [0, 0.05) is 0 Å². The molecule has 0 radical (unpaired) electrons. The zero-order valence-electron chi connectivity index (χ0n) is 52.9. The molecule has 0 saturated carbocycles. The lowest BCUT2D eigenvalue weighted by Crippen LogP contribution is -2.08. The third kappa shape index (κ3) is 38.0. The van der Waals surface area contributed by atoms with Gasteiger partial charge in [-0.1, -0.05) is 328 Å². The van der Waals surface area contributed by atoms with E-state index >= 15 is 0 Å². The minimum absolute atomic E-state index is 0.414. The van der Waals surface area contributed by atoms with Crippen molar-refractivity contribution in [3.8, 4) is 23.0 Å². The quantitative estimate of drug-likeness (QED) is 0.0417. The SMILES string of the molecule is CCCCCCCCCCCCCCCCCCOc1cc(COc2ccc3cc(C(C)(C)Cl)ccc3c2)cc(OCCCCCCCCCCCCCCCCCC)c1OCCCCCCCCCCCCCCCCCC. The van der Waals surface area contributed by atoms with Crippen LogP contribution in [0.5, 0.6) is 23.0 Å². The van der Waals surface area contributed by atoms with Gasteiger partial charge in [-0.2, -0.15) is 0 Å². The van der Waals surface area contributed by atoms with Gasteiger partial charge in [-0.25, -0.2) is 0 Å². The molecule has 0 N–H and O–H groups in total. The molecule has 4 nitrogen and oxygen atoms in total. The molecule has 0 aromatic heterocycles. The molecule has 5 heteroatoms. The molecule has 3 aromatic rings. The Kier molecular flexibility index (Phi) is 44.7. The Morgan fingerprint density at radius 1 is 0.304 bits per heavy atom. The largest absolute Gasteiger partial charge is 0.490 e. The van der Waals surface area contributed by atoms with E-state index in [-0.39, 0.29) is 0 Å². The average molecular weight is 1120 g/mol. The van der Waals surface area contributed by atoms with E-state index in [1.807, 2.05) is 13.8 Å². The highest BCUT2D eigenvalue weighted by molar-refractivity contribution is 6.23. The molecule has 0 fully saturated rings. The Balaban J connectivity index is 1.55. The van der Waals surface area contributed by atoms with Gasteiger partial charge in [0.05, 0.1) is 24.7 Å². The van der Waals surface area contributed by atoms with Crippen LogP contribution < -0.4 is 18.9 Å². The van der Waals surface area contributed by atoms with Crippen LogP contribution in [0.1, 0.15) is 354 Å². The zero-order valence-corrected chi connectivity index (χ0v) is 53.7. The molecular formula is C74H127ClO4. The van der Waals surface area contributed by atoms with Crippen LogP contribution in [0.2, 0.25) is 0 Å². The number of benzene rings is 3. The Hall–Kier alpha value is -2.59. The number of hydrogen-bond acceptors (Lipinski definition) is 4. The van der Waals surface area contributed by atoms with Crippen LogP contribution in [0.3, 0.4) is 0 Å². The number of hydrogen-bond donors (Lipinski definition) is 0. The molecule has 0 aliphatic heterocycles. The Morgan fingerprint density at radius 3 is 0.899 bits per heavy atom. The smallest absolute Gasteiger partial charge is 0.203 e. The maximum Gasteiger partial charge on any atom is 0.203 e. The van der Waals surface area contributed by atoms with Crippen LogP contribution in [0.4, 0.5) is 0 Å². The van der Waals surface area contributed by atoms with E-state index in [9.17, 15) is 0 Å². The molecule has 3 aromatic carbocycles. The van der Waals surface area contributed by atoms with Crippen molar-refractivity contribution in [3.63, 3.8) is 0 Å². The van der Waals surface area contributed by atoms with Crippen molar-refractivity contribution < 1.29 is 18.9 Å². The lowest BCUT2D eigenvalue weighted by molar-refractivity contribution is 0.232. The standard InChI is InChI=1S/C74H127ClO4/c1-6-9-12-15-18-21-24-27-30-33-36-39-42-45-48-51-58-76-71-61-66(65-79-70-57-55-67-63-69(74(4,5)75)56-54-68(67)64-70)62-72(77-59-52-49-46-43-40-37-34-31-28-25-22-19-16-13-10-7-2)73(71)78-60-53-50-47-44-41-38-35-32-29-26-23-20-17-14-11-8-3/h54-57,61-64H,6-53,58-60,65H2,1-5H3. The van der Waals surface area contributed by atoms with Crippen LogP contribution in [-0.4, -0.2) is 19.8 Å². The van der Waals surface area contributed by atoms with Crippen LogP contribution in [0.15, 0.2) is 48.5 Å². The summed E-state index contributed by atoms with van der Waals surface area (Å²) >= 11 is 6.69. The highest BCUT2D eigenvalue weighted by atomic mass is 35.5. The first-order valence-electron chi connectivity index (χ1n) is 34.8. The summed E-state index contributed by atoms with van der Waals surface area (Å²) in [7, 11) is 0. The third-order valence-electron chi connectivity index (χ3n) is 16.7. The highest BCUT2D eigenvalue weighted by Gasteiger charge is 2.19. The molecule has 0 amide bonds. The molecule has 0 unspecified atom stereocenters. The number of ether oxygens (including phenoxy) is 4. The minimum atomic E-state index is -0.414. The molecule has 0 atom stereocenters. The van der Waals surface area contributed by atoms with E-state index in [2.05, 4.69) is 69.3 Å². The second-order valence-corrected chi connectivity index (χ2v) is 25.8. The van der Waals surface area contributed by atoms with Gasteiger partial charge in [-0.3, -0.25) is 0 Å². The van der Waals surface area contributed by atoms with Crippen molar-refractivity contribution in [3.05, 3.63) is 59.7 Å². The third-order valence-corrected chi connectivity index (χ3v) is 17.0. The van der Waals surface area contributed by atoms with Crippen LogP contribution in [0, 0.1) is 0 Å². The van der Waals surface area contributed by atoms with Gasteiger partial charge in [-0.05, 0) is 85.3 Å². The lowest BCUT2D eigenvalue weighted by Gasteiger charge is -2.19. The average Bonchev–Trinajstić information content (AvgIpc) is 3.45. The summed E-state index contributed by atoms with van der Waals surface area (Å²) in [6.07, 6.45) is 65.3. The lowest BCUT2D eigenvalue weighted by atomic mass is 9.98. The molecule has 0 aliphatic carbocycles. The van der Waals surface area contributed by atoms with Crippen molar-refractivity contribution in [2.45, 2.75) is 354 Å². The van der Waals surface area contributed by atoms with Crippen LogP contribution >= 0.6 is 11.6 Å². The maximum absolute atomic E-state index is 6.75. The monoisotopic (exact) mass is 1110 g/mol. The fraction of sp³-hybridized carbons (Fsp3) is 0.784. The molecular weight excluding hydrogens is 988 g/mol. The molecule has 454 valence electrons. The Morgan fingerprint density at radius 2 is 0.582 bits per heavy atom. The van der Waals surface area contributed by atoms with Crippen molar-refractivity contribution in [2.24, 2.45) is 0 Å². The normalized spacial score (nSPS) is 11.8. The molecule has 0 aliphatic rings. The summed E-state index contributed by atoms with van der Waals surface area (Å²) < 4.78 is 26.8. The van der Waals surface area contributed by atoms with E-state index < -0.39 is 4.87 Å². The molecule has 0 heterocycles. The number of alkyl halides is 1. The van der Waals surface area contributed by atoms with Gasteiger partial charge in [-0.15, -0.1) is 11.6 Å². The molecule has 0 spiro atoms. The number of unbranched alkanes of at least 4 members (excludes halogenated alkanes) is 45. The Bertz CT molecular complexity index is 1760. The first-order valence-corrected chi connectivity index (χ1v) is 35.1. The van der Waals surface area contributed by atoms with Crippen molar-refractivity contribution in [2.75, 3.05) is 19.8 Å². The number of halogens is 1. The van der Waals surface area contributed by atoms with Gasteiger partial charge >= 0.3 is 0 Å². The summed E-state index contributed by atoms with van der Waals surface area (Å²) in [5, 5.41) is 2.31. The topological polar surface area (TPSA) is 36.9 Å². The summed E-state index contributed by atoms with van der Waals surface area (Å²) in [6, 6.07) is 17.2. The summed E-state index contributed by atoms with van der Waals surface area (Å²) in [5.74, 6) is 3.23. The summed E-state index contributed by atoms with van der Waals surface area (Å²) in [4.78, 5) is -0.414. The molecule has 0 saturated heterocycles. The fourth-order valence-corrected chi connectivity index (χ4v) is 11.5.